The van der Waals surface area contributed by atoms with E-state index in [1.54, 1.807) is 29.2 Å². The van der Waals surface area contributed by atoms with Crippen LogP contribution in [0.5, 0.6) is 0 Å². The number of hydrogen-bond donors (Lipinski definition) is 3. The lowest BCUT2D eigenvalue weighted by Gasteiger charge is -2.32. The summed E-state index contributed by atoms with van der Waals surface area (Å²) < 4.78 is 80.5. The van der Waals surface area contributed by atoms with Crippen LogP contribution >= 0.6 is 0 Å². The molecule has 3 heterocycles. The Labute approximate surface area is 192 Å². The maximum absolute atomic E-state index is 13.1. The van der Waals surface area contributed by atoms with E-state index in [0.717, 1.165) is 28.7 Å². The Kier molecular flexibility index (Phi) is 4.98. The van der Waals surface area contributed by atoms with Crippen LogP contribution in [0.15, 0.2) is 67.4 Å². The average Bonchev–Trinajstić information content (AvgIpc) is 3.46. The van der Waals surface area contributed by atoms with Crippen LogP contribution in [0, 0.1) is 0 Å². The Morgan fingerprint density at radius 3 is 2.31 bits per heavy atom. The second-order valence-electron chi connectivity index (χ2n) is 7.68. The molecular formula is C22H14F6N6O. The quantitative estimate of drug-likeness (QED) is 0.295. The number of imidazole rings is 2. The van der Waals surface area contributed by atoms with Crippen LogP contribution in [0.4, 0.5) is 37.8 Å². The number of aromatic amines is 1. The molecular weight excluding hydrogens is 478 g/mol. The summed E-state index contributed by atoms with van der Waals surface area (Å²) in [5, 5.41) is 12.4. The highest BCUT2D eigenvalue weighted by Crippen LogP contribution is 2.50. The lowest BCUT2D eigenvalue weighted by molar-refractivity contribution is -0.376. The molecule has 0 amide bonds. The summed E-state index contributed by atoms with van der Waals surface area (Å²) in [7, 11) is 0. The van der Waals surface area contributed by atoms with E-state index in [0.29, 0.717) is 23.5 Å². The number of benzene rings is 2. The molecule has 3 aromatic heterocycles. The second-order valence-corrected chi connectivity index (χ2v) is 7.68. The van der Waals surface area contributed by atoms with Gasteiger partial charge in [0.15, 0.2) is 11.5 Å². The highest BCUT2D eigenvalue weighted by atomic mass is 19.4. The smallest absolute Gasteiger partial charge is 0.369 e. The topological polar surface area (TPSA) is 91.1 Å². The average molecular weight is 492 g/mol. The molecule has 0 saturated carbocycles. The first kappa shape index (κ1) is 22.7. The lowest BCUT2D eigenvalue weighted by Crippen LogP contribution is -2.53. The maximum atomic E-state index is 13.1. The van der Waals surface area contributed by atoms with Gasteiger partial charge in [0, 0.05) is 35.4 Å². The number of aliphatic hydroxyl groups is 1. The third-order valence-corrected chi connectivity index (χ3v) is 5.48. The Bertz CT molecular complexity index is 1510. The molecule has 0 bridgehead atoms. The Morgan fingerprint density at radius 1 is 0.914 bits per heavy atom. The van der Waals surface area contributed by atoms with Crippen molar-refractivity contribution in [1.29, 1.82) is 0 Å². The fraction of sp³-hybridized carbons (Fsp3) is 0.136. The van der Waals surface area contributed by atoms with Crippen molar-refractivity contribution in [3.05, 3.63) is 72.9 Å². The van der Waals surface area contributed by atoms with Crippen LogP contribution in [0.2, 0.25) is 0 Å². The van der Waals surface area contributed by atoms with E-state index >= 15 is 0 Å². The Hall–Kier alpha value is -4.13. The molecule has 5 aromatic rings. The summed E-state index contributed by atoms with van der Waals surface area (Å²) in [4.78, 5) is 15.9. The van der Waals surface area contributed by atoms with Gasteiger partial charge in [-0.15, -0.1) is 0 Å². The summed E-state index contributed by atoms with van der Waals surface area (Å²) in [5.41, 5.74) is -3.05. The SMILES string of the molecule is OC(c1ccc(Nc2nc(-c3ccc4nc[nH]c4c3)cn3ccnc23)cc1)(C(F)(F)F)C(F)(F)F. The molecule has 0 spiro atoms. The molecule has 0 saturated heterocycles. The first-order valence-corrected chi connectivity index (χ1v) is 9.98. The maximum Gasteiger partial charge on any atom is 0.430 e. The molecule has 7 nitrogen and oxygen atoms in total. The molecule has 0 unspecified atom stereocenters. The molecule has 3 N–H and O–H groups in total. The minimum Gasteiger partial charge on any atom is -0.369 e. The van der Waals surface area contributed by atoms with Gasteiger partial charge in [-0.1, -0.05) is 18.2 Å². The molecule has 0 atom stereocenters. The van der Waals surface area contributed by atoms with Crippen molar-refractivity contribution in [2.24, 2.45) is 0 Å². The first-order chi connectivity index (χ1) is 16.5. The number of rotatable bonds is 4. The van der Waals surface area contributed by atoms with Crippen LogP contribution in [0.25, 0.3) is 27.9 Å². The van der Waals surface area contributed by atoms with Crippen molar-refractivity contribution in [3.8, 4) is 11.3 Å². The van der Waals surface area contributed by atoms with Gasteiger partial charge in [0.25, 0.3) is 5.60 Å². The van der Waals surface area contributed by atoms with Gasteiger partial charge in [-0.25, -0.2) is 15.0 Å². The summed E-state index contributed by atoms with van der Waals surface area (Å²) in [6.07, 6.45) is -5.48. The molecule has 180 valence electrons. The third-order valence-electron chi connectivity index (χ3n) is 5.48. The minimum absolute atomic E-state index is 0.138. The lowest BCUT2D eigenvalue weighted by atomic mass is 9.92. The van der Waals surface area contributed by atoms with E-state index in [9.17, 15) is 31.4 Å². The van der Waals surface area contributed by atoms with Crippen molar-refractivity contribution in [3.63, 3.8) is 0 Å². The standard InChI is InChI=1S/C22H14F6N6O/c23-21(24,25)20(35,22(26,27)28)13-2-4-14(5-3-13)32-18-19-29-7-8-34(19)10-17(33-18)12-1-6-15-16(9-12)31-11-30-15/h1-11,35H,(H,30,31)(H,32,33). The molecule has 0 aliphatic heterocycles. The van der Waals surface area contributed by atoms with Crippen molar-refractivity contribution in [2.45, 2.75) is 18.0 Å². The number of fused-ring (bicyclic) bond motifs is 2. The van der Waals surface area contributed by atoms with Gasteiger partial charge in [-0.05, 0) is 24.3 Å². The third kappa shape index (κ3) is 3.73. The molecule has 35 heavy (non-hydrogen) atoms. The second kappa shape index (κ2) is 7.70. The van der Waals surface area contributed by atoms with Crippen LogP contribution in [0.3, 0.4) is 0 Å². The fourth-order valence-electron chi connectivity index (χ4n) is 3.67. The van der Waals surface area contributed by atoms with E-state index in [1.807, 2.05) is 12.1 Å². The first-order valence-electron chi connectivity index (χ1n) is 9.98. The summed E-state index contributed by atoms with van der Waals surface area (Å²) >= 11 is 0. The Morgan fingerprint density at radius 2 is 1.63 bits per heavy atom. The Balaban J connectivity index is 1.52. The predicted molar refractivity (Wildman–Crippen MR) is 114 cm³/mol. The molecule has 5 rings (SSSR count). The normalized spacial score (nSPS) is 13.0. The van der Waals surface area contributed by atoms with Gasteiger partial charge in [-0.3, -0.25) is 0 Å². The van der Waals surface area contributed by atoms with E-state index < -0.39 is 23.5 Å². The van der Waals surface area contributed by atoms with Crippen LogP contribution in [0.1, 0.15) is 5.56 Å². The highest BCUT2D eigenvalue weighted by molar-refractivity contribution is 5.82. The van der Waals surface area contributed by atoms with E-state index in [4.69, 9.17) is 0 Å². The molecule has 13 heteroatoms. The predicted octanol–water partition coefficient (Wildman–Crippen LogP) is 5.33. The number of alkyl halides is 6. The van der Waals surface area contributed by atoms with Crippen molar-refractivity contribution in [1.82, 2.24) is 24.3 Å². The van der Waals surface area contributed by atoms with Crippen LogP contribution in [-0.2, 0) is 5.60 Å². The van der Waals surface area contributed by atoms with Gasteiger partial charge >= 0.3 is 12.4 Å². The van der Waals surface area contributed by atoms with Crippen LogP contribution in [-0.4, -0.2) is 41.8 Å². The summed E-state index contributed by atoms with van der Waals surface area (Å²) in [6.45, 7) is 0. The van der Waals surface area contributed by atoms with E-state index in [-0.39, 0.29) is 11.5 Å². The summed E-state index contributed by atoms with van der Waals surface area (Å²) in [5.74, 6) is 0.215. The number of nitrogens with one attached hydrogen (secondary N) is 2. The van der Waals surface area contributed by atoms with E-state index in [1.165, 1.54) is 6.20 Å². The van der Waals surface area contributed by atoms with E-state index in [2.05, 4.69) is 25.3 Å². The van der Waals surface area contributed by atoms with Gasteiger partial charge < -0.3 is 19.8 Å². The highest BCUT2D eigenvalue weighted by Gasteiger charge is 2.71. The molecule has 0 fully saturated rings. The monoisotopic (exact) mass is 492 g/mol. The zero-order valence-electron chi connectivity index (χ0n) is 17.4. The molecule has 0 aliphatic rings. The zero-order chi connectivity index (χ0) is 25.0. The number of H-pyrrole nitrogens is 1. The zero-order valence-corrected chi connectivity index (χ0v) is 17.4. The van der Waals surface area contributed by atoms with Crippen LogP contribution < -0.4 is 5.32 Å². The van der Waals surface area contributed by atoms with Crippen molar-refractivity contribution in [2.75, 3.05) is 5.32 Å². The molecule has 2 aromatic carbocycles. The van der Waals surface area contributed by atoms with Gasteiger partial charge in [0.2, 0.25) is 0 Å². The summed E-state index contributed by atoms with van der Waals surface area (Å²) in [6, 6.07) is 8.53. The van der Waals surface area contributed by atoms with Crippen molar-refractivity contribution >= 4 is 28.2 Å². The largest absolute Gasteiger partial charge is 0.430 e. The number of anilines is 2. The number of hydrogen-bond acceptors (Lipinski definition) is 5. The number of halogens is 6. The molecule has 0 aliphatic carbocycles. The molecule has 0 radical (unpaired) electrons. The van der Waals surface area contributed by atoms with Gasteiger partial charge in [0.1, 0.15) is 0 Å². The van der Waals surface area contributed by atoms with Gasteiger partial charge in [-0.2, -0.15) is 26.3 Å². The van der Waals surface area contributed by atoms with Crippen molar-refractivity contribution < 1.29 is 31.4 Å². The number of nitrogens with zero attached hydrogens (tertiary/aromatic N) is 4. The number of aromatic nitrogens is 5. The minimum atomic E-state index is -5.96. The van der Waals surface area contributed by atoms with Gasteiger partial charge in [0.05, 0.1) is 23.1 Å². The fourth-order valence-corrected chi connectivity index (χ4v) is 3.67.